The number of nitrogens with one attached hydrogen (secondary N) is 1. The Balaban J connectivity index is 2.07. The summed E-state index contributed by atoms with van der Waals surface area (Å²) in [5, 5.41) is 10.2. The molecule has 0 unspecified atom stereocenters. The minimum absolute atomic E-state index is 0.109. The van der Waals surface area contributed by atoms with Crippen molar-refractivity contribution in [1.82, 2.24) is 0 Å². The van der Waals surface area contributed by atoms with Crippen LogP contribution in [0.1, 0.15) is 21.5 Å². The summed E-state index contributed by atoms with van der Waals surface area (Å²) in [5.74, 6) is 1.79. The van der Waals surface area contributed by atoms with Gasteiger partial charge < -0.3 is 29.0 Å². The fourth-order valence-corrected chi connectivity index (χ4v) is 3.20. The maximum Gasteiger partial charge on any atom is 0.231 e. The summed E-state index contributed by atoms with van der Waals surface area (Å²) in [4.78, 5) is 13.9. The number of phenols is 1. The topological polar surface area (TPSA) is 78.7 Å². The summed E-state index contributed by atoms with van der Waals surface area (Å²) in [6, 6.07) is 6.59. The Bertz CT molecular complexity index is 948. The molecule has 0 aromatic heterocycles. The fraction of sp³-hybridized carbons (Fsp3) is 0.286. The Labute approximate surface area is 163 Å². The Morgan fingerprint density at radius 3 is 2.36 bits per heavy atom. The molecule has 2 aromatic rings. The van der Waals surface area contributed by atoms with Crippen molar-refractivity contribution in [3.63, 3.8) is 0 Å². The minimum atomic E-state index is -0.248. The predicted molar refractivity (Wildman–Crippen MR) is 104 cm³/mol. The number of rotatable bonds is 6. The Hall–Kier alpha value is -3.19. The van der Waals surface area contributed by atoms with Crippen LogP contribution in [-0.2, 0) is 6.54 Å². The second-order valence-electron chi connectivity index (χ2n) is 6.69. The van der Waals surface area contributed by atoms with Crippen molar-refractivity contribution in [3.05, 3.63) is 46.7 Å². The van der Waals surface area contributed by atoms with E-state index < -0.39 is 0 Å². The lowest BCUT2D eigenvalue weighted by Crippen LogP contribution is -3.04. The summed E-state index contributed by atoms with van der Waals surface area (Å²) >= 11 is 0. The lowest BCUT2D eigenvalue weighted by atomic mass is 10.0. The van der Waals surface area contributed by atoms with E-state index in [0.717, 1.165) is 4.90 Å². The van der Waals surface area contributed by atoms with Crippen molar-refractivity contribution in [2.75, 3.05) is 35.4 Å². The maximum absolute atomic E-state index is 12.8. The quantitative estimate of drug-likeness (QED) is 0.736. The molecule has 1 aliphatic heterocycles. The molecule has 3 rings (SSSR count). The van der Waals surface area contributed by atoms with Gasteiger partial charge in [0.1, 0.15) is 12.3 Å². The molecule has 0 atom stereocenters. The first-order chi connectivity index (χ1) is 13.4. The fourth-order valence-electron chi connectivity index (χ4n) is 3.20. The smallest absolute Gasteiger partial charge is 0.231 e. The molecule has 28 heavy (non-hydrogen) atoms. The van der Waals surface area contributed by atoms with E-state index in [1.54, 1.807) is 24.3 Å². The van der Waals surface area contributed by atoms with Crippen molar-refractivity contribution < 1.29 is 33.7 Å². The molecule has 0 fully saturated rings. The number of benzene rings is 2. The highest BCUT2D eigenvalue weighted by molar-refractivity contribution is 6.15. The van der Waals surface area contributed by atoms with Gasteiger partial charge in [0.05, 0.1) is 46.6 Å². The summed E-state index contributed by atoms with van der Waals surface area (Å²) in [5.41, 5.74) is 1.65. The van der Waals surface area contributed by atoms with E-state index in [2.05, 4.69) is 0 Å². The normalized spacial score (nSPS) is 14.2. The highest BCUT2D eigenvalue weighted by Gasteiger charge is 2.32. The van der Waals surface area contributed by atoms with Crippen molar-refractivity contribution in [1.29, 1.82) is 0 Å². The van der Waals surface area contributed by atoms with Gasteiger partial charge in [0.15, 0.2) is 23.0 Å². The number of allylic oxidation sites excluding steroid dienone is 1. The van der Waals surface area contributed by atoms with E-state index in [1.807, 2.05) is 14.1 Å². The average molecular weight is 386 g/mol. The van der Waals surface area contributed by atoms with E-state index in [4.69, 9.17) is 18.9 Å². The van der Waals surface area contributed by atoms with Gasteiger partial charge in [-0.3, -0.25) is 4.79 Å². The summed E-state index contributed by atoms with van der Waals surface area (Å²) in [7, 11) is 8.49. The number of fused-ring (bicyclic) bond motifs is 1. The number of phenolic OH excluding ortho intramolecular Hbond substituents is 1. The molecule has 148 valence electrons. The van der Waals surface area contributed by atoms with E-state index in [1.165, 1.54) is 27.4 Å². The van der Waals surface area contributed by atoms with Crippen molar-refractivity contribution in [2.45, 2.75) is 6.54 Å². The van der Waals surface area contributed by atoms with E-state index in [9.17, 15) is 9.90 Å². The second kappa shape index (κ2) is 7.82. The number of carbonyl (C=O) groups excluding carboxylic acids is 1. The molecule has 7 nitrogen and oxygen atoms in total. The van der Waals surface area contributed by atoms with Crippen molar-refractivity contribution in [2.24, 2.45) is 0 Å². The zero-order valence-corrected chi connectivity index (χ0v) is 16.6. The van der Waals surface area contributed by atoms with Crippen LogP contribution in [0.15, 0.2) is 30.0 Å². The third kappa shape index (κ3) is 3.36. The molecular weight excluding hydrogens is 362 g/mol. The van der Waals surface area contributed by atoms with Crippen LogP contribution in [0.25, 0.3) is 6.08 Å². The molecule has 2 aromatic carbocycles. The lowest BCUT2D eigenvalue weighted by Gasteiger charge is -2.14. The number of carbonyl (C=O) groups is 1. The van der Waals surface area contributed by atoms with Crippen LogP contribution >= 0.6 is 0 Å². The van der Waals surface area contributed by atoms with Crippen molar-refractivity contribution >= 4 is 11.9 Å². The maximum atomic E-state index is 12.8. The van der Waals surface area contributed by atoms with Crippen LogP contribution in [-0.4, -0.2) is 46.3 Å². The number of ether oxygens (including phenoxy) is 4. The number of Topliss-reactive ketones (excluding diaryl/α,β-unsaturated/α-hetero) is 1. The standard InChI is InChI=1S/C21H23NO6/c1-22(2)11-14-15(23)8-7-13-18(24)17(28-20(13)14)10-12-6-9-16(25-3)21(27-5)19(12)26-4/h6-10,23H,11H2,1-5H3/p+1/b17-10-. The van der Waals surface area contributed by atoms with E-state index >= 15 is 0 Å². The van der Waals surface area contributed by atoms with Gasteiger partial charge in [-0.2, -0.15) is 0 Å². The zero-order valence-electron chi connectivity index (χ0n) is 16.6. The van der Waals surface area contributed by atoms with Crippen LogP contribution in [0.4, 0.5) is 0 Å². The Morgan fingerprint density at radius 1 is 1.04 bits per heavy atom. The molecule has 0 radical (unpaired) electrons. The molecule has 7 heteroatoms. The molecular formula is C21H24NO6+. The third-order valence-corrected chi connectivity index (χ3v) is 4.47. The Morgan fingerprint density at radius 2 is 1.75 bits per heavy atom. The van der Waals surface area contributed by atoms with Crippen LogP contribution < -0.4 is 23.8 Å². The number of ketones is 1. The van der Waals surface area contributed by atoms with Crippen LogP contribution in [0, 0.1) is 0 Å². The highest BCUT2D eigenvalue weighted by Crippen LogP contribution is 2.43. The molecule has 0 saturated carbocycles. The number of quaternary nitrogens is 1. The van der Waals surface area contributed by atoms with Gasteiger partial charge in [-0.25, -0.2) is 0 Å². The lowest BCUT2D eigenvalue weighted by molar-refractivity contribution is -0.872. The van der Waals surface area contributed by atoms with Gasteiger partial charge in [0, 0.05) is 5.56 Å². The Kier molecular flexibility index (Phi) is 5.46. The van der Waals surface area contributed by atoms with E-state index in [-0.39, 0.29) is 17.3 Å². The van der Waals surface area contributed by atoms with Crippen LogP contribution in [0.3, 0.4) is 0 Å². The SMILES string of the molecule is COc1ccc(/C=C2\Oc3c(ccc(O)c3C[NH+](C)C)C2=O)c(OC)c1OC. The average Bonchev–Trinajstić information content (AvgIpc) is 2.99. The zero-order chi connectivity index (χ0) is 20.4. The summed E-state index contributed by atoms with van der Waals surface area (Å²) in [6.07, 6.45) is 1.60. The highest BCUT2D eigenvalue weighted by atomic mass is 16.5. The number of aromatic hydroxyl groups is 1. The summed E-state index contributed by atoms with van der Waals surface area (Å²) < 4.78 is 22.0. The van der Waals surface area contributed by atoms with E-state index in [0.29, 0.717) is 46.2 Å². The van der Waals surface area contributed by atoms with Gasteiger partial charge in [-0.05, 0) is 30.3 Å². The molecule has 0 saturated heterocycles. The number of hydrogen-bond acceptors (Lipinski definition) is 6. The number of hydrogen-bond donors (Lipinski definition) is 2. The molecule has 0 spiro atoms. The molecule has 2 N–H and O–H groups in total. The second-order valence-corrected chi connectivity index (χ2v) is 6.69. The predicted octanol–water partition coefficient (Wildman–Crippen LogP) is 1.68. The molecule has 0 amide bonds. The summed E-state index contributed by atoms with van der Waals surface area (Å²) in [6.45, 7) is 0.523. The first kappa shape index (κ1) is 19.6. The largest absolute Gasteiger partial charge is 0.507 e. The molecule has 0 aliphatic carbocycles. The molecule has 1 heterocycles. The van der Waals surface area contributed by atoms with Gasteiger partial charge >= 0.3 is 0 Å². The third-order valence-electron chi connectivity index (χ3n) is 4.47. The van der Waals surface area contributed by atoms with Crippen molar-refractivity contribution in [3.8, 4) is 28.7 Å². The van der Waals surface area contributed by atoms with Gasteiger partial charge in [-0.1, -0.05) is 0 Å². The molecule has 1 aliphatic rings. The first-order valence-electron chi connectivity index (χ1n) is 8.78. The van der Waals surface area contributed by atoms with Crippen LogP contribution in [0.5, 0.6) is 28.7 Å². The van der Waals surface area contributed by atoms with Crippen LogP contribution in [0.2, 0.25) is 0 Å². The van der Waals surface area contributed by atoms with Gasteiger partial charge in [-0.15, -0.1) is 0 Å². The van der Waals surface area contributed by atoms with Gasteiger partial charge in [0.25, 0.3) is 0 Å². The monoisotopic (exact) mass is 386 g/mol. The minimum Gasteiger partial charge on any atom is -0.507 e. The van der Waals surface area contributed by atoms with Gasteiger partial charge in [0.2, 0.25) is 11.5 Å². The first-order valence-corrected chi connectivity index (χ1v) is 8.78. The molecule has 0 bridgehead atoms. The number of methoxy groups -OCH3 is 3.